The molecule has 19 heavy (non-hydrogen) atoms. The molecule has 4 nitrogen and oxygen atoms in total. The van der Waals surface area contributed by atoms with Crippen molar-refractivity contribution in [3.63, 3.8) is 0 Å². The lowest BCUT2D eigenvalue weighted by Crippen LogP contribution is -1.98. The van der Waals surface area contributed by atoms with Crippen molar-refractivity contribution in [2.75, 3.05) is 5.73 Å². The van der Waals surface area contributed by atoms with E-state index >= 15 is 0 Å². The Hall–Kier alpha value is -2.62. The van der Waals surface area contributed by atoms with E-state index in [9.17, 15) is 0 Å². The number of benzene rings is 1. The number of aromatic nitrogens is 2. The third-order valence-electron chi connectivity index (χ3n) is 2.81. The van der Waals surface area contributed by atoms with Gasteiger partial charge in [0.1, 0.15) is 11.5 Å². The molecule has 2 N–H and O–H groups in total. The number of nitrogens with zero attached hydrogens (tertiary/aromatic N) is 2. The number of hydrogen-bond donors (Lipinski definition) is 1. The standard InChI is InChI=1S/C15H13N3O/c1-10-7-8-14(19-10)13-9-12(17-15(16)18-13)11-5-3-2-4-6-11/h2-9H,1H3,(H2,16,17,18). The summed E-state index contributed by atoms with van der Waals surface area (Å²) in [6.45, 7) is 1.89. The molecule has 0 bridgehead atoms. The maximum absolute atomic E-state index is 5.78. The van der Waals surface area contributed by atoms with E-state index in [1.165, 1.54) is 0 Å². The monoisotopic (exact) mass is 251 g/mol. The highest BCUT2D eigenvalue weighted by atomic mass is 16.3. The zero-order chi connectivity index (χ0) is 13.2. The molecule has 0 saturated carbocycles. The molecule has 2 heterocycles. The number of rotatable bonds is 2. The Bertz CT molecular complexity index is 704. The van der Waals surface area contributed by atoms with Crippen molar-refractivity contribution in [2.45, 2.75) is 6.92 Å². The van der Waals surface area contributed by atoms with Crippen LogP contribution in [-0.4, -0.2) is 9.97 Å². The highest BCUT2D eigenvalue weighted by Crippen LogP contribution is 2.25. The number of anilines is 1. The molecule has 0 atom stereocenters. The second kappa shape index (κ2) is 4.57. The summed E-state index contributed by atoms with van der Waals surface area (Å²) >= 11 is 0. The Morgan fingerprint density at radius 3 is 2.37 bits per heavy atom. The Labute approximate surface area is 110 Å². The molecule has 0 radical (unpaired) electrons. The van der Waals surface area contributed by atoms with Crippen LogP contribution in [0, 0.1) is 6.92 Å². The van der Waals surface area contributed by atoms with Crippen molar-refractivity contribution in [3.05, 3.63) is 54.3 Å². The lowest BCUT2D eigenvalue weighted by atomic mass is 10.1. The van der Waals surface area contributed by atoms with Crippen molar-refractivity contribution in [1.82, 2.24) is 9.97 Å². The number of nitrogens with two attached hydrogens (primary N) is 1. The van der Waals surface area contributed by atoms with Crippen LogP contribution in [0.4, 0.5) is 5.95 Å². The highest BCUT2D eigenvalue weighted by Gasteiger charge is 2.09. The van der Waals surface area contributed by atoms with Crippen molar-refractivity contribution < 1.29 is 4.42 Å². The molecule has 94 valence electrons. The van der Waals surface area contributed by atoms with Crippen LogP contribution in [0.5, 0.6) is 0 Å². The maximum atomic E-state index is 5.78. The van der Waals surface area contributed by atoms with Crippen LogP contribution >= 0.6 is 0 Å². The number of aryl methyl sites for hydroxylation is 1. The fourth-order valence-corrected chi connectivity index (χ4v) is 1.92. The van der Waals surface area contributed by atoms with Gasteiger partial charge in [-0.2, -0.15) is 0 Å². The van der Waals surface area contributed by atoms with Crippen molar-refractivity contribution >= 4 is 5.95 Å². The van der Waals surface area contributed by atoms with E-state index < -0.39 is 0 Å². The van der Waals surface area contributed by atoms with Crippen molar-refractivity contribution in [1.29, 1.82) is 0 Å². The minimum absolute atomic E-state index is 0.241. The molecular weight excluding hydrogens is 238 g/mol. The molecule has 0 aliphatic rings. The van der Waals surface area contributed by atoms with Gasteiger partial charge in [0.2, 0.25) is 5.95 Å². The normalized spacial score (nSPS) is 10.6. The quantitative estimate of drug-likeness (QED) is 0.759. The fourth-order valence-electron chi connectivity index (χ4n) is 1.92. The first-order valence-electron chi connectivity index (χ1n) is 5.99. The summed E-state index contributed by atoms with van der Waals surface area (Å²) in [6, 6.07) is 15.5. The average molecular weight is 251 g/mol. The molecule has 0 fully saturated rings. The topological polar surface area (TPSA) is 64.9 Å². The minimum Gasteiger partial charge on any atom is -0.460 e. The first kappa shape index (κ1) is 11.5. The van der Waals surface area contributed by atoms with Crippen LogP contribution in [0.15, 0.2) is 52.9 Å². The molecule has 0 spiro atoms. The third kappa shape index (κ3) is 2.33. The van der Waals surface area contributed by atoms with E-state index in [1.54, 1.807) is 0 Å². The van der Waals surface area contributed by atoms with Crippen LogP contribution in [0.2, 0.25) is 0 Å². The van der Waals surface area contributed by atoms with Gasteiger partial charge in [0.15, 0.2) is 5.76 Å². The van der Waals surface area contributed by atoms with Crippen molar-refractivity contribution in [3.8, 4) is 22.7 Å². The molecule has 0 saturated heterocycles. The van der Waals surface area contributed by atoms with Gasteiger partial charge >= 0.3 is 0 Å². The van der Waals surface area contributed by atoms with E-state index in [1.807, 2.05) is 55.5 Å². The van der Waals surface area contributed by atoms with E-state index in [0.29, 0.717) is 11.5 Å². The Morgan fingerprint density at radius 2 is 1.68 bits per heavy atom. The number of furan rings is 1. The second-order valence-corrected chi connectivity index (χ2v) is 4.27. The average Bonchev–Trinajstić information content (AvgIpc) is 2.86. The third-order valence-corrected chi connectivity index (χ3v) is 2.81. The van der Waals surface area contributed by atoms with Crippen LogP contribution in [0.3, 0.4) is 0 Å². The van der Waals surface area contributed by atoms with E-state index in [0.717, 1.165) is 17.0 Å². The van der Waals surface area contributed by atoms with Crippen molar-refractivity contribution in [2.24, 2.45) is 0 Å². The van der Waals surface area contributed by atoms with Crippen LogP contribution in [0.1, 0.15) is 5.76 Å². The molecule has 0 aliphatic carbocycles. The molecule has 0 unspecified atom stereocenters. The zero-order valence-corrected chi connectivity index (χ0v) is 10.5. The molecule has 4 heteroatoms. The van der Waals surface area contributed by atoms with Gasteiger partial charge in [-0.15, -0.1) is 0 Å². The van der Waals surface area contributed by atoms with Gasteiger partial charge in [0.05, 0.1) is 5.69 Å². The molecule has 0 aliphatic heterocycles. The van der Waals surface area contributed by atoms with E-state index in [4.69, 9.17) is 10.2 Å². The molecule has 0 amide bonds. The fraction of sp³-hybridized carbons (Fsp3) is 0.0667. The summed E-state index contributed by atoms with van der Waals surface area (Å²) < 4.78 is 5.57. The van der Waals surface area contributed by atoms with Crippen LogP contribution < -0.4 is 5.73 Å². The Kier molecular flexibility index (Phi) is 2.76. The first-order valence-corrected chi connectivity index (χ1v) is 5.99. The summed E-state index contributed by atoms with van der Waals surface area (Å²) in [5.41, 5.74) is 8.26. The first-order chi connectivity index (χ1) is 9.22. The Balaban J connectivity index is 2.11. The van der Waals surface area contributed by atoms with Gasteiger partial charge in [0, 0.05) is 5.56 Å². The van der Waals surface area contributed by atoms with Gasteiger partial charge in [-0.05, 0) is 25.1 Å². The molecular formula is C15H13N3O. The summed E-state index contributed by atoms with van der Waals surface area (Å²) in [4.78, 5) is 8.48. The van der Waals surface area contributed by atoms with E-state index in [2.05, 4.69) is 9.97 Å². The summed E-state index contributed by atoms with van der Waals surface area (Å²) in [5, 5.41) is 0. The summed E-state index contributed by atoms with van der Waals surface area (Å²) in [5.74, 6) is 1.78. The SMILES string of the molecule is Cc1ccc(-c2cc(-c3ccccc3)nc(N)n2)o1. The maximum Gasteiger partial charge on any atom is 0.221 e. The van der Waals surface area contributed by atoms with Gasteiger partial charge in [-0.25, -0.2) is 9.97 Å². The predicted molar refractivity (Wildman–Crippen MR) is 74.3 cm³/mol. The smallest absolute Gasteiger partial charge is 0.221 e. The predicted octanol–water partition coefficient (Wildman–Crippen LogP) is 3.29. The van der Waals surface area contributed by atoms with Gasteiger partial charge in [-0.3, -0.25) is 0 Å². The summed E-state index contributed by atoms with van der Waals surface area (Å²) in [6.07, 6.45) is 0. The van der Waals surface area contributed by atoms with Crippen LogP contribution in [-0.2, 0) is 0 Å². The van der Waals surface area contributed by atoms with Gasteiger partial charge in [0.25, 0.3) is 0 Å². The minimum atomic E-state index is 0.241. The van der Waals surface area contributed by atoms with Gasteiger partial charge in [-0.1, -0.05) is 30.3 Å². The Morgan fingerprint density at radius 1 is 0.947 bits per heavy atom. The number of nitrogen functional groups attached to an aromatic ring is 1. The highest BCUT2D eigenvalue weighted by molar-refractivity contribution is 5.66. The van der Waals surface area contributed by atoms with Crippen LogP contribution in [0.25, 0.3) is 22.7 Å². The molecule has 1 aromatic carbocycles. The molecule has 3 rings (SSSR count). The number of hydrogen-bond acceptors (Lipinski definition) is 4. The second-order valence-electron chi connectivity index (χ2n) is 4.27. The molecule has 2 aromatic heterocycles. The van der Waals surface area contributed by atoms with E-state index in [-0.39, 0.29) is 5.95 Å². The lowest BCUT2D eigenvalue weighted by molar-refractivity contribution is 0.546. The zero-order valence-electron chi connectivity index (χ0n) is 10.5. The van der Waals surface area contributed by atoms with Gasteiger partial charge < -0.3 is 10.2 Å². The summed E-state index contributed by atoms with van der Waals surface area (Å²) in [7, 11) is 0. The largest absolute Gasteiger partial charge is 0.460 e. The molecule has 3 aromatic rings. The lowest BCUT2D eigenvalue weighted by Gasteiger charge is -2.04.